The maximum Gasteiger partial charge on any atom is 0.345 e. The standard InChI is InChI=1S/C12H22F2O/c1-7(2)9-5-6-10(15-12(13)14)11(9)8(3)4/h7-12H,5-6H2,1-4H3. The zero-order chi connectivity index (χ0) is 11.6. The molecule has 0 radical (unpaired) electrons. The van der Waals surface area contributed by atoms with E-state index in [0.29, 0.717) is 23.7 Å². The molecule has 1 rings (SSSR count). The summed E-state index contributed by atoms with van der Waals surface area (Å²) in [6, 6.07) is 0. The van der Waals surface area contributed by atoms with Gasteiger partial charge in [-0.3, -0.25) is 0 Å². The van der Waals surface area contributed by atoms with Crippen LogP contribution in [0.25, 0.3) is 0 Å². The summed E-state index contributed by atoms with van der Waals surface area (Å²) >= 11 is 0. The van der Waals surface area contributed by atoms with Crippen molar-refractivity contribution in [1.82, 2.24) is 0 Å². The number of ether oxygens (including phenoxy) is 1. The van der Waals surface area contributed by atoms with Crippen molar-refractivity contribution in [2.24, 2.45) is 23.7 Å². The molecule has 3 unspecified atom stereocenters. The Morgan fingerprint density at radius 1 is 1.00 bits per heavy atom. The first kappa shape index (κ1) is 12.9. The molecule has 0 aromatic heterocycles. The van der Waals surface area contributed by atoms with Gasteiger partial charge in [0.05, 0.1) is 6.10 Å². The molecule has 90 valence electrons. The maximum absolute atomic E-state index is 12.2. The SMILES string of the molecule is CC(C)C1CCC(OC(F)F)C1C(C)C. The number of rotatable bonds is 4. The van der Waals surface area contributed by atoms with E-state index in [2.05, 4.69) is 27.7 Å². The Balaban J connectivity index is 2.66. The summed E-state index contributed by atoms with van der Waals surface area (Å²) in [6.07, 6.45) is 1.57. The minimum atomic E-state index is -2.62. The molecule has 0 heterocycles. The van der Waals surface area contributed by atoms with E-state index in [-0.39, 0.29) is 6.10 Å². The lowest BCUT2D eigenvalue weighted by atomic mass is 9.79. The van der Waals surface area contributed by atoms with Crippen LogP contribution in [-0.4, -0.2) is 12.7 Å². The van der Waals surface area contributed by atoms with Gasteiger partial charge in [-0.05, 0) is 36.5 Å². The summed E-state index contributed by atoms with van der Waals surface area (Å²) in [4.78, 5) is 0. The molecule has 0 spiro atoms. The molecule has 0 aliphatic heterocycles. The van der Waals surface area contributed by atoms with Crippen LogP contribution in [0.5, 0.6) is 0 Å². The lowest BCUT2D eigenvalue weighted by Crippen LogP contribution is -2.30. The van der Waals surface area contributed by atoms with Crippen LogP contribution in [0.15, 0.2) is 0 Å². The highest BCUT2D eigenvalue weighted by atomic mass is 19.3. The van der Waals surface area contributed by atoms with Gasteiger partial charge >= 0.3 is 6.61 Å². The van der Waals surface area contributed by atoms with Gasteiger partial charge in [0.2, 0.25) is 0 Å². The van der Waals surface area contributed by atoms with Crippen LogP contribution in [0.1, 0.15) is 40.5 Å². The summed E-state index contributed by atoms with van der Waals surface area (Å²) < 4.78 is 29.2. The number of hydrogen-bond donors (Lipinski definition) is 0. The average molecular weight is 220 g/mol. The highest BCUT2D eigenvalue weighted by Crippen LogP contribution is 2.43. The van der Waals surface area contributed by atoms with E-state index in [1.165, 1.54) is 0 Å². The van der Waals surface area contributed by atoms with Gasteiger partial charge in [-0.25, -0.2) is 0 Å². The molecule has 1 saturated carbocycles. The molecule has 0 amide bonds. The van der Waals surface area contributed by atoms with Crippen LogP contribution in [0, 0.1) is 23.7 Å². The molecule has 1 fully saturated rings. The third kappa shape index (κ3) is 3.13. The van der Waals surface area contributed by atoms with Crippen LogP contribution in [0.2, 0.25) is 0 Å². The van der Waals surface area contributed by atoms with Crippen molar-refractivity contribution in [3.8, 4) is 0 Å². The fourth-order valence-corrected chi connectivity index (χ4v) is 3.01. The zero-order valence-corrected chi connectivity index (χ0v) is 10.0. The van der Waals surface area contributed by atoms with Gasteiger partial charge in [0.25, 0.3) is 0 Å². The van der Waals surface area contributed by atoms with Crippen LogP contribution < -0.4 is 0 Å². The summed E-state index contributed by atoms with van der Waals surface area (Å²) in [5, 5.41) is 0. The van der Waals surface area contributed by atoms with Gasteiger partial charge in [0, 0.05) is 0 Å². The fraction of sp³-hybridized carbons (Fsp3) is 1.00. The molecule has 0 N–H and O–H groups in total. The molecule has 3 atom stereocenters. The molecule has 1 aliphatic rings. The highest BCUT2D eigenvalue weighted by Gasteiger charge is 2.40. The summed E-state index contributed by atoms with van der Waals surface area (Å²) in [7, 11) is 0. The molecule has 0 aromatic carbocycles. The Labute approximate surface area is 91.2 Å². The predicted octanol–water partition coefficient (Wildman–Crippen LogP) is 3.93. The van der Waals surface area contributed by atoms with Crippen molar-refractivity contribution >= 4 is 0 Å². The second kappa shape index (κ2) is 5.24. The summed E-state index contributed by atoms with van der Waals surface area (Å²) in [5.74, 6) is 1.81. The second-order valence-corrected chi connectivity index (χ2v) is 5.24. The largest absolute Gasteiger partial charge is 0.345 e. The van der Waals surface area contributed by atoms with E-state index in [1.54, 1.807) is 0 Å². The van der Waals surface area contributed by atoms with Crippen molar-refractivity contribution in [2.45, 2.75) is 53.3 Å². The number of halogens is 2. The van der Waals surface area contributed by atoms with Gasteiger partial charge < -0.3 is 4.74 Å². The number of hydrogen-bond acceptors (Lipinski definition) is 1. The molecular weight excluding hydrogens is 198 g/mol. The smallest absolute Gasteiger partial charge is 0.319 e. The monoisotopic (exact) mass is 220 g/mol. The maximum atomic E-state index is 12.2. The summed E-state index contributed by atoms with van der Waals surface area (Å²) in [6.45, 7) is 5.93. The summed E-state index contributed by atoms with van der Waals surface area (Å²) in [5.41, 5.74) is 0. The third-order valence-electron chi connectivity index (χ3n) is 3.61. The van der Waals surface area contributed by atoms with E-state index in [4.69, 9.17) is 4.74 Å². The van der Waals surface area contributed by atoms with E-state index in [9.17, 15) is 8.78 Å². The quantitative estimate of drug-likeness (QED) is 0.697. The first-order chi connectivity index (χ1) is 6.93. The Hall–Kier alpha value is -0.180. The number of alkyl halides is 2. The fourth-order valence-electron chi connectivity index (χ4n) is 3.01. The minimum absolute atomic E-state index is 0.239. The van der Waals surface area contributed by atoms with E-state index in [0.717, 1.165) is 12.8 Å². The average Bonchev–Trinajstić information content (AvgIpc) is 2.46. The van der Waals surface area contributed by atoms with Gasteiger partial charge in [0.1, 0.15) is 0 Å². The van der Waals surface area contributed by atoms with Crippen LogP contribution in [-0.2, 0) is 4.74 Å². The third-order valence-corrected chi connectivity index (χ3v) is 3.61. The first-order valence-corrected chi connectivity index (χ1v) is 5.87. The van der Waals surface area contributed by atoms with Crippen molar-refractivity contribution in [2.75, 3.05) is 0 Å². The van der Waals surface area contributed by atoms with Crippen molar-refractivity contribution in [3.63, 3.8) is 0 Å². The van der Waals surface area contributed by atoms with Crippen LogP contribution in [0.4, 0.5) is 8.78 Å². The zero-order valence-electron chi connectivity index (χ0n) is 10.0. The second-order valence-electron chi connectivity index (χ2n) is 5.24. The van der Waals surface area contributed by atoms with Crippen LogP contribution >= 0.6 is 0 Å². The Kier molecular flexibility index (Phi) is 4.50. The predicted molar refractivity (Wildman–Crippen MR) is 56.8 cm³/mol. The Morgan fingerprint density at radius 3 is 2.00 bits per heavy atom. The van der Waals surface area contributed by atoms with E-state index in [1.807, 2.05) is 0 Å². The van der Waals surface area contributed by atoms with Gasteiger partial charge in [-0.2, -0.15) is 8.78 Å². The molecule has 0 bridgehead atoms. The molecule has 0 saturated heterocycles. The normalized spacial score (nSPS) is 32.2. The molecule has 1 aliphatic carbocycles. The highest BCUT2D eigenvalue weighted by molar-refractivity contribution is 4.88. The molecule has 1 nitrogen and oxygen atoms in total. The molecule has 3 heteroatoms. The Bertz CT molecular complexity index is 192. The van der Waals surface area contributed by atoms with Crippen molar-refractivity contribution in [1.29, 1.82) is 0 Å². The Morgan fingerprint density at radius 2 is 1.60 bits per heavy atom. The van der Waals surface area contributed by atoms with Gasteiger partial charge in [0.15, 0.2) is 0 Å². The van der Waals surface area contributed by atoms with E-state index < -0.39 is 6.61 Å². The van der Waals surface area contributed by atoms with Gasteiger partial charge in [-0.1, -0.05) is 27.7 Å². The lowest BCUT2D eigenvalue weighted by molar-refractivity contribution is -0.177. The lowest BCUT2D eigenvalue weighted by Gasteiger charge is -2.30. The molecule has 15 heavy (non-hydrogen) atoms. The first-order valence-electron chi connectivity index (χ1n) is 5.87. The molecular formula is C12H22F2O. The topological polar surface area (TPSA) is 9.23 Å². The van der Waals surface area contributed by atoms with Crippen LogP contribution in [0.3, 0.4) is 0 Å². The van der Waals surface area contributed by atoms with E-state index >= 15 is 0 Å². The van der Waals surface area contributed by atoms with Crippen molar-refractivity contribution < 1.29 is 13.5 Å². The van der Waals surface area contributed by atoms with Gasteiger partial charge in [-0.15, -0.1) is 0 Å². The molecule has 0 aromatic rings. The minimum Gasteiger partial charge on any atom is -0.319 e. The van der Waals surface area contributed by atoms with Crippen molar-refractivity contribution in [3.05, 3.63) is 0 Å².